The molecule has 1 saturated carbocycles. The lowest BCUT2D eigenvalue weighted by atomic mass is 9.61. The molecule has 1 heterocycles. The van der Waals surface area contributed by atoms with Crippen molar-refractivity contribution in [2.24, 2.45) is 16.1 Å². The quantitative estimate of drug-likeness (QED) is 0.787. The summed E-state index contributed by atoms with van der Waals surface area (Å²) in [6.45, 7) is 0. The van der Waals surface area contributed by atoms with Gasteiger partial charge >= 0.3 is 0 Å². The molecule has 0 aromatic heterocycles. The van der Waals surface area contributed by atoms with Gasteiger partial charge in [-0.1, -0.05) is 18.2 Å². The van der Waals surface area contributed by atoms with Gasteiger partial charge in [0, 0.05) is 19.6 Å². The van der Waals surface area contributed by atoms with Crippen molar-refractivity contribution in [3.8, 4) is 17.2 Å². The first-order chi connectivity index (χ1) is 15.3. The van der Waals surface area contributed by atoms with Gasteiger partial charge in [0.1, 0.15) is 11.9 Å². The van der Waals surface area contributed by atoms with Crippen LogP contribution < -0.4 is 5.73 Å². The lowest BCUT2D eigenvalue weighted by molar-refractivity contribution is -0.137. The van der Waals surface area contributed by atoms with E-state index in [1.54, 1.807) is 26.3 Å². The van der Waals surface area contributed by atoms with Gasteiger partial charge in [-0.15, -0.1) is 0 Å². The highest BCUT2D eigenvalue weighted by Gasteiger charge is 2.66. The number of nitriles is 1. The van der Waals surface area contributed by atoms with Gasteiger partial charge in [-0.2, -0.15) is 5.26 Å². The Bertz CT molecular complexity index is 1190. The van der Waals surface area contributed by atoms with E-state index in [4.69, 9.17) is 15.5 Å². The molecule has 2 aromatic rings. The zero-order valence-corrected chi connectivity index (χ0v) is 18.2. The first-order valence-electron chi connectivity index (χ1n) is 10.8. The van der Waals surface area contributed by atoms with Crippen LogP contribution in [0.15, 0.2) is 41.4 Å². The number of nitrogens with zero attached hydrogens (tertiary/aromatic N) is 3. The van der Waals surface area contributed by atoms with Gasteiger partial charge < -0.3 is 10.5 Å². The van der Waals surface area contributed by atoms with E-state index in [2.05, 4.69) is 0 Å². The van der Waals surface area contributed by atoms with Gasteiger partial charge in [-0.3, -0.25) is 9.69 Å². The number of benzene rings is 2. The Morgan fingerprint density at radius 1 is 1.22 bits per heavy atom. The number of ether oxygens (including phenoxy) is 1. The lowest BCUT2D eigenvalue weighted by Crippen LogP contribution is -2.51. The number of aliphatic imine (C=N–C) groups is 1. The molecule has 1 aliphatic heterocycles. The number of hydrogen-bond acceptors (Lipinski definition) is 5. The standard InChI is InChI=1S/C25H25FN4O2/c1-30-22(31)25(29-23(30)28)20-12-16(15-5-6-21(26)18(11-15)14-27)3-4-17(20)13-24(25)9-7-19(32-2)8-10-24/h3-6,11-12,19H,7-10,13H2,1-2H3,(H2,28,29). The zero-order valence-electron chi connectivity index (χ0n) is 18.2. The second-order valence-corrected chi connectivity index (χ2v) is 9.12. The van der Waals surface area contributed by atoms with Crippen molar-refractivity contribution < 1.29 is 13.9 Å². The first kappa shape index (κ1) is 20.7. The summed E-state index contributed by atoms with van der Waals surface area (Å²) in [4.78, 5) is 20.0. The number of amides is 1. The van der Waals surface area contributed by atoms with Crippen LogP contribution in [0.5, 0.6) is 0 Å². The molecule has 6 nitrogen and oxygen atoms in total. The summed E-state index contributed by atoms with van der Waals surface area (Å²) in [6.07, 6.45) is 4.32. The molecular weight excluding hydrogens is 407 g/mol. The molecule has 7 heteroatoms. The zero-order chi connectivity index (χ0) is 22.7. The third-order valence-electron chi connectivity index (χ3n) is 7.68. The van der Waals surface area contributed by atoms with E-state index in [0.717, 1.165) is 54.4 Å². The van der Waals surface area contributed by atoms with Crippen LogP contribution in [-0.2, 0) is 21.5 Å². The number of methoxy groups -OCH3 is 1. The van der Waals surface area contributed by atoms with E-state index in [-0.39, 0.29) is 28.9 Å². The van der Waals surface area contributed by atoms with Crippen molar-refractivity contribution in [1.82, 2.24) is 4.90 Å². The Morgan fingerprint density at radius 2 is 1.91 bits per heavy atom. The summed E-state index contributed by atoms with van der Waals surface area (Å²) in [7, 11) is 3.41. The molecule has 0 bridgehead atoms. The number of likely N-dealkylation sites (N-methyl/N-ethyl adjacent to an activating group) is 1. The third-order valence-corrected chi connectivity index (χ3v) is 7.68. The summed E-state index contributed by atoms with van der Waals surface area (Å²) in [6, 6.07) is 12.4. The van der Waals surface area contributed by atoms with Gasteiger partial charge in [0.15, 0.2) is 11.5 Å². The number of carbonyl (C=O) groups excluding carboxylic acids is 1. The molecule has 2 N–H and O–H groups in total. The first-order valence-corrected chi connectivity index (χ1v) is 10.8. The van der Waals surface area contributed by atoms with Crippen molar-refractivity contribution in [3.63, 3.8) is 0 Å². The minimum Gasteiger partial charge on any atom is -0.381 e. The number of carbonyl (C=O) groups is 1. The Labute approximate surface area is 186 Å². The second-order valence-electron chi connectivity index (χ2n) is 9.12. The Morgan fingerprint density at radius 3 is 2.53 bits per heavy atom. The maximum Gasteiger partial charge on any atom is 0.262 e. The van der Waals surface area contributed by atoms with E-state index in [1.165, 1.54) is 11.0 Å². The summed E-state index contributed by atoms with van der Waals surface area (Å²) >= 11 is 0. The van der Waals surface area contributed by atoms with E-state index in [9.17, 15) is 14.4 Å². The highest BCUT2D eigenvalue weighted by atomic mass is 19.1. The van der Waals surface area contributed by atoms with Gasteiger partial charge in [-0.25, -0.2) is 9.38 Å². The Balaban J connectivity index is 1.67. The fourth-order valence-corrected chi connectivity index (χ4v) is 5.90. The number of halogens is 1. The maximum absolute atomic E-state index is 13.9. The largest absolute Gasteiger partial charge is 0.381 e. The second kappa shape index (κ2) is 7.14. The fourth-order valence-electron chi connectivity index (χ4n) is 5.90. The Hall–Kier alpha value is -3.24. The topological polar surface area (TPSA) is 91.7 Å². The molecule has 0 saturated heterocycles. The van der Waals surface area contributed by atoms with Crippen molar-refractivity contribution >= 4 is 11.9 Å². The van der Waals surface area contributed by atoms with Crippen LogP contribution in [0.25, 0.3) is 11.1 Å². The van der Waals surface area contributed by atoms with Gasteiger partial charge in [0.05, 0.1) is 11.7 Å². The molecule has 2 spiro atoms. The number of nitrogens with two attached hydrogens (primary N) is 1. The summed E-state index contributed by atoms with van der Waals surface area (Å²) < 4.78 is 19.5. The van der Waals surface area contributed by atoms with Crippen LogP contribution in [0.3, 0.4) is 0 Å². The van der Waals surface area contributed by atoms with Crippen molar-refractivity contribution in [2.45, 2.75) is 43.7 Å². The van der Waals surface area contributed by atoms with E-state index in [1.807, 2.05) is 24.3 Å². The smallest absolute Gasteiger partial charge is 0.262 e. The lowest BCUT2D eigenvalue weighted by Gasteiger charge is -2.45. The minimum atomic E-state index is -1.06. The van der Waals surface area contributed by atoms with Gasteiger partial charge in [0.2, 0.25) is 0 Å². The molecule has 2 aromatic carbocycles. The highest BCUT2D eigenvalue weighted by Crippen LogP contribution is 2.62. The Kier molecular flexibility index (Phi) is 4.61. The van der Waals surface area contributed by atoms with Crippen LogP contribution in [0.2, 0.25) is 0 Å². The van der Waals surface area contributed by atoms with E-state index in [0.29, 0.717) is 0 Å². The van der Waals surface area contributed by atoms with Crippen molar-refractivity contribution in [2.75, 3.05) is 14.2 Å². The van der Waals surface area contributed by atoms with Crippen LogP contribution in [0, 0.1) is 22.6 Å². The molecule has 1 fully saturated rings. The number of fused-ring (bicyclic) bond motifs is 3. The van der Waals surface area contributed by atoms with Crippen molar-refractivity contribution in [3.05, 3.63) is 58.9 Å². The van der Waals surface area contributed by atoms with Crippen LogP contribution in [0.4, 0.5) is 4.39 Å². The number of rotatable bonds is 2. The van der Waals surface area contributed by atoms with Crippen LogP contribution >= 0.6 is 0 Å². The average Bonchev–Trinajstić information content (AvgIpc) is 3.20. The van der Waals surface area contributed by atoms with Crippen molar-refractivity contribution in [1.29, 1.82) is 5.26 Å². The SMILES string of the molecule is COC1CCC2(CC1)Cc1ccc(-c3ccc(F)c(C#N)c3)cc1C21N=C(N)N(C)C1=O. The molecule has 32 heavy (non-hydrogen) atoms. The average molecular weight is 432 g/mol. The summed E-state index contributed by atoms with van der Waals surface area (Å²) in [5, 5.41) is 9.23. The number of hydrogen-bond donors (Lipinski definition) is 1. The predicted molar refractivity (Wildman–Crippen MR) is 118 cm³/mol. The molecule has 1 amide bonds. The predicted octanol–water partition coefficient (Wildman–Crippen LogP) is 3.48. The molecule has 3 aliphatic rings. The molecule has 5 rings (SSSR count). The van der Waals surface area contributed by atoms with Gasteiger partial charge in [0.25, 0.3) is 5.91 Å². The summed E-state index contributed by atoms with van der Waals surface area (Å²) in [5.74, 6) is -0.415. The van der Waals surface area contributed by atoms with Gasteiger partial charge in [-0.05, 0) is 72.6 Å². The molecule has 2 aliphatic carbocycles. The van der Waals surface area contributed by atoms with Crippen LogP contribution in [0.1, 0.15) is 42.4 Å². The maximum atomic E-state index is 13.9. The van der Waals surface area contributed by atoms with E-state index >= 15 is 0 Å². The third kappa shape index (κ3) is 2.66. The molecule has 1 atom stereocenters. The molecule has 1 unspecified atom stereocenters. The molecular formula is C25H25FN4O2. The minimum absolute atomic E-state index is 0.00832. The monoisotopic (exact) mass is 432 g/mol. The highest BCUT2D eigenvalue weighted by molar-refractivity contribution is 6.08. The molecule has 0 radical (unpaired) electrons. The van der Waals surface area contributed by atoms with E-state index < -0.39 is 11.4 Å². The normalized spacial score (nSPS) is 28.8. The number of guanidine groups is 1. The molecule has 164 valence electrons. The fraction of sp³-hybridized carbons (Fsp3) is 0.400. The summed E-state index contributed by atoms with van der Waals surface area (Å²) in [5.41, 5.74) is 8.26. The van der Waals surface area contributed by atoms with Crippen LogP contribution in [-0.4, -0.2) is 37.0 Å².